The first-order valence-electron chi connectivity index (χ1n) is 11.4. The highest BCUT2D eigenvalue weighted by Gasteiger charge is 2.34. The second-order valence-corrected chi connectivity index (χ2v) is 10.6. The van der Waals surface area contributed by atoms with Gasteiger partial charge in [-0.2, -0.15) is 0 Å². The molecule has 1 aromatic carbocycles. The molecule has 0 fully saturated rings. The molecule has 0 amide bonds. The van der Waals surface area contributed by atoms with Crippen LogP contribution in [-0.4, -0.2) is 70.5 Å². The number of ketones is 1. The van der Waals surface area contributed by atoms with Crippen LogP contribution in [0.1, 0.15) is 28.9 Å². The standard InChI is InChI=1S/C25H26N6O6S/c1-15-12-26-24(27-13-15)23(32)16(2)38(33,34)14-20-29-30-25(17-8-6-11-21(28-17)37-5)31(20)22-18(35-3)9-7-10-19(22)36-4/h6-13,16H,14H2,1-5H3/t16-/m1/s1. The SMILES string of the molecule is COc1cccc(-c2nnc(CS(=O)(=O)[C@H](C)C(=O)c3ncc(C)cn3)n2-c2c(OC)cccc2OC)n1. The van der Waals surface area contributed by atoms with Crippen LogP contribution in [0.25, 0.3) is 17.2 Å². The third kappa shape index (κ3) is 5.18. The first-order valence-corrected chi connectivity index (χ1v) is 13.1. The molecule has 0 radical (unpaired) electrons. The second-order valence-electron chi connectivity index (χ2n) is 8.25. The molecule has 0 unspecified atom stereocenters. The van der Waals surface area contributed by atoms with E-state index in [1.807, 2.05) is 0 Å². The number of nitrogens with zero attached hydrogens (tertiary/aromatic N) is 6. The number of hydrogen-bond acceptors (Lipinski definition) is 11. The number of hydrogen-bond donors (Lipinski definition) is 0. The van der Waals surface area contributed by atoms with Crippen LogP contribution >= 0.6 is 0 Å². The molecule has 0 aliphatic heterocycles. The molecule has 0 aliphatic carbocycles. The highest BCUT2D eigenvalue weighted by molar-refractivity contribution is 7.92. The zero-order valence-corrected chi connectivity index (χ0v) is 22.3. The first kappa shape index (κ1) is 26.7. The van der Waals surface area contributed by atoms with Crippen molar-refractivity contribution in [3.63, 3.8) is 0 Å². The number of sulfone groups is 1. The Labute approximate surface area is 219 Å². The van der Waals surface area contributed by atoms with Crippen molar-refractivity contribution < 1.29 is 27.4 Å². The number of benzene rings is 1. The lowest BCUT2D eigenvalue weighted by molar-refractivity contribution is 0.0981. The fraction of sp³-hybridized carbons (Fsp3) is 0.280. The van der Waals surface area contributed by atoms with Crippen molar-refractivity contribution in [1.29, 1.82) is 0 Å². The summed E-state index contributed by atoms with van der Waals surface area (Å²) >= 11 is 0. The molecule has 13 heteroatoms. The Morgan fingerprint density at radius 1 is 0.947 bits per heavy atom. The van der Waals surface area contributed by atoms with Crippen LogP contribution in [0, 0.1) is 6.92 Å². The van der Waals surface area contributed by atoms with Crippen molar-refractivity contribution in [1.82, 2.24) is 29.7 Å². The van der Waals surface area contributed by atoms with Gasteiger partial charge in [0, 0.05) is 18.5 Å². The second kappa shape index (κ2) is 10.9. The lowest BCUT2D eigenvalue weighted by Crippen LogP contribution is -2.30. The van der Waals surface area contributed by atoms with Gasteiger partial charge >= 0.3 is 0 Å². The summed E-state index contributed by atoms with van der Waals surface area (Å²) in [7, 11) is 0.333. The van der Waals surface area contributed by atoms with Crippen molar-refractivity contribution in [2.24, 2.45) is 0 Å². The average molecular weight is 539 g/mol. The van der Waals surface area contributed by atoms with Crippen LogP contribution in [0.4, 0.5) is 0 Å². The summed E-state index contributed by atoms with van der Waals surface area (Å²) in [5.74, 6) is -0.191. The van der Waals surface area contributed by atoms with Gasteiger partial charge in [0.05, 0.1) is 21.3 Å². The van der Waals surface area contributed by atoms with Gasteiger partial charge < -0.3 is 14.2 Å². The number of ether oxygens (including phenoxy) is 3. The van der Waals surface area contributed by atoms with Gasteiger partial charge in [0.1, 0.15) is 33.9 Å². The molecule has 198 valence electrons. The molecule has 0 aliphatic rings. The molecule has 3 heterocycles. The van der Waals surface area contributed by atoms with Crippen LogP contribution < -0.4 is 14.2 Å². The molecule has 0 saturated heterocycles. The minimum Gasteiger partial charge on any atom is -0.494 e. The topological polar surface area (TPSA) is 148 Å². The Morgan fingerprint density at radius 2 is 1.58 bits per heavy atom. The largest absolute Gasteiger partial charge is 0.494 e. The minimum absolute atomic E-state index is 0.0249. The van der Waals surface area contributed by atoms with Gasteiger partial charge in [-0.05, 0) is 37.6 Å². The molecular weight excluding hydrogens is 512 g/mol. The number of aromatic nitrogens is 6. The number of pyridine rings is 1. The third-order valence-corrected chi connectivity index (χ3v) is 7.71. The van der Waals surface area contributed by atoms with Gasteiger partial charge in [0.25, 0.3) is 0 Å². The van der Waals surface area contributed by atoms with Gasteiger partial charge in [-0.25, -0.2) is 23.4 Å². The molecule has 0 spiro atoms. The fourth-order valence-electron chi connectivity index (χ4n) is 3.69. The Hall–Kier alpha value is -4.39. The maximum Gasteiger partial charge on any atom is 0.217 e. The maximum absolute atomic E-state index is 13.5. The predicted molar refractivity (Wildman–Crippen MR) is 137 cm³/mol. The van der Waals surface area contributed by atoms with Crippen molar-refractivity contribution in [3.05, 3.63) is 66.0 Å². The zero-order chi connectivity index (χ0) is 27.4. The van der Waals surface area contributed by atoms with E-state index in [1.165, 1.54) is 45.2 Å². The van der Waals surface area contributed by atoms with E-state index < -0.39 is 26.6 Å². The molecule has 4 rings (SSSR count). The van der Waals surface area contributed by atoms with Gasteiger partial charge in [0.2, 0.25) is 11.7 Å². The summed E-state index contributed by atoms with van der Waals surface area (Å²) in [5, 5.41) is 7.00. The predicted octanol–water partition coefficient (Wildman–Crippen LogP) is 2.64. The number of carbonyl (C=O) groups is 1. The van der Waals surface area contributed by atoms with Crippen LogP contribution in [0.2, 0.25) is 0 Å². The molecule has 1 atom stereocenters. The van der Waals surface area contributed by atoms with E-state index in [2.05, 4.69) is 25.1 Å². The van der Waals surface area contributed by atoms with Crippen LogP contribution in [-0.2, 0) is 15.6 Å². The highest BCUT2D eigenvalue weighted by Crippen LogP contribution is 2.36. The molecule has 3 aromatic heterocycles. The Morgan fingerprint density at radius 3 is 2.18 bits per heavy atom. The van der Waals surface area contributed by atoms with E-state index in [0.717, 1.165) is 5.56 Å². The first-order chi connectivity index (χ1) is 18.2. The van der Waals surface area contributed by atoms with Crippen molar-refractivity contribution in [2.75, 3.05) is 21.3 Å². The van der Waals surface area contributed by atoms with Crippen molar-refractivity contribution in [3.8, 4) is 34.6 Å². The molecule has 4 aromatic rings. The lowest BCUT2D eigenvalue weighted by atomic mass is 10.2. The van der Waals surface area contributed by atoms with E-state index in [4.69, 9.17) is 14.2 Å². The molecule has 0 saturated carbocycles. The molecular formula is C25H26N6O6S. The smallest absolute Gasteiger partial charge is 0.217 e. The molecule has 12 nitrogen and oxygen atoms in total. The number of aryl methyl sites for hydroxylation is 1. The van der Waals surface area contributed by atoms with E-state index in [1.54, 1.807) is 43.3 Å². The Kier molecular flexibility index (Phi) is 7.67. The van der Waals surface area contributed by atoms with Crippen molar-refractivity contribution >= 4 is 15.6 Å². The minimum atomic E-state index is -4.10. The number of Topliss-reactive ketones (excluding diaryl/α,β-unsaturated/α-hetero) is 1. The maximum atomic E-state index is 13.5. The van der Waals surface area contributed by atoms with Gasteiger partial charge in [-0.3, -0.25) is 9.36 Å². The van der Waals surface area contributed by atoms with Crippen molar-refractivity contribution in [2.45, 2.75) is 24.9 Å². The number of para-hydroxylation sites is 1. The fourth-order valence-corrected chi connectivity index (χ4v) is 4.91. The van der Waals surface area contributed by atoms with Gasteiger partial charge in [-0.15, -0.1) is 10.2 Å². The average Bonchev–Trinajstić information content (AvgIpc) is 3.34. The molecule has 0 bridgehead atoms. The van der Waals surface area contributed by atoms with Crippen LogP contribution in [0.15, 0.2) is 48.8 Å². The lowest BCUT2D eigenvalue weighted by Gasteiger charge is -2.18. The third-order valence-electron chi connectivity index (χ3n) is 5.76. The Balaban J connectivity index is 1.85. The molecule has 0 N–H and O–H groups in total. The summed E-state index contributed by atoms with van der Waals surface area (Å²) in [5.41, 5.74) is 1.48. The summed E-state index contributed by atoms with van der Waals surface area (Å²) in [6, 6.07) is 10.2. The van der Waals surface area contributed by atoms with E-state index in [-0.39, 0.29) is 17.5 Å². The monoisotopic (exact) mass is 538 g/mol. The highest BCUT2D eigenvalue weighted by atomic mass is 32.2. The zero-order valence-electron chi connectivity index (χ0n) is 21.4. The number of rotatable bonds is 10. The summed E-state index contributed by atoms with van der Waals surface area (Å²) in [4.78, 5) is 25.3. The van der Waals surface area contributed by atoms with Gasteiger partial charge in [-0.1, -0.05) is 12.1 Å². The summed E-state index contributed by atoms with van der Waals surface area (Å²) in [6.45, 7) is 3.07. The summed E-state index contributed by atoms with van der Waals surface area (Å²) < 4.78 is 44.8. The van der Waals surface area contributed by atoms with Crippen LogP contribution in [0.3, 0.4) is 0 Å². The number of methoxy groups -OCH3 is 3. The number of carbonyl (C=O) groups excluding carboxylic acids is 1. The quantitative estimate of drug-likeness (QED) is 0.274. The normalized spacial score (nSPS) is 12.1. The summed E-state index contributed by atoms with van der Waals surface area (Å²) in [6.07, 6.45) is 2.91. The van der Waals surface area contributed by atoms with E-state index >= 15 is 0 Å². The van der Waals surface area contributed by atoms with Crippen LogP contribution in [0.5, 0.6) is 17.4 Å². The Bertz CT molecular complexity index is 1550. The van der Waals surface area contributed by atoms with E-state index in [9.17, 15) is 13.2 Å². The van der Waals surface area contributed by atoms with Gasteiger partial charge in [0.15, 0.2) is 27.3 Å². The van der Waals surface area contributed by atoms with E-state index in [0.29, 0.717) is 28.8 Å². The molecule has 38 heavy (non-hydrogen) atoms.